The Hall–Kier alpha value is -2.77. The number of amides is 1. The van der Waals surface area contributed by atoms with E-state index in [0.29, 0.717) is 28.4 Å². The Labute approximate surface area is 247 Å². The first-order valence-corrected chi connectivity index (χ1v) is 15.6. The quantitative estimate of drug-likeness (QED) is 0.290. The Morgan fingerprint density at radius 2 is 1.78 bits per heavy atom. The minimum atomic E-state index is -0.136. The standard InChI is InChI=1S/C34H52N4O3/c1-34(2,3)26-10-8-25(9-11-26)30-22-24(7-15-31(30)39)6-13-28(16-17-35-4)41-32-23-27(38-20-18-37-19-21-38)12-14-29(32)33(40)36-5/h7,12,14-15,22-23,25-26,28,35,37,39H,6,8-11,13,16-21H2,1-5H3,(H,36,40). The second-order valence-corrected chi connectivity index (χ2v) is 13.0. The number of benzene rings is 2. The van der Waals surface area contributed by atoms with E-state index in [4.69, 9.17) is 4.74 Å². The van der Waals surface area contributed by atoms with Crippen molar-refractivity contribution in [3.05, 3.63) is 53.1 Å². The van der Waals surface area contributed by atoms with Gasteiger partial charge in [-0.3, -0.25) is 4.79 Å². The number of phenols is 1. The number of aromatic hydroxyl groups is 1. The van der Waals surface area contributed by atoms with E-state index in [9.17, 15) is 9.90 Å². The SMILES string of the molecule is CNCCC(CCc1ccc(O)c(C2CCC(C(C)(C)C)CC2)c1)Oc1cc(N2CCNCC2)ccc1C(=O)NC. The molecule has 2 aliphatic rings. The molecular weight excluding hydrogens is 512 g/mol. The maximum Gasteiger partial charge on any atom is 0.254 e. The molecule has 1 heterocycles. The molecule has 7 nitrogen and oxygen atoms in total. The molecule has 1 atom stereocenters. The highest BCUT2D eigenvalue weighted by Gasteiger charge is 2.31. The van der Waals surface area contributed by atoms with Crippen molar-refractivity contribution in [1.82, 2.24) is 16.0 Å². The smallest absolute Gasteiger partial charge is 0.254 e. The molecule has 4 rings (SSSR count). The van der Waals surface area contributed by atoms with Crippen molar-refractivity contribution in [3.63, 3.8) is 0 Å². The number of rotatable bonds is 11. The largest absolute Gasteiger partial charge is 0.508 e. The van der Waals surface area contributed by atoms with Crippen molar-refractivity contribution >= 4 is 11.6 Å². The third-order valence-corrected chi connectivity index (χ3v) is 9.17. The fourth-order valence-electron chi connectivity index (χ4n) is 6.48. The average molecular weight is 565 g/mol. The summed E-state index contributed by atoms with van der Waals surface area (Å²) in [6, 6.07) is 12.1. The summed E-state index contributed by atoms with van der Waals surface area (Å²) in [6.07, 6.45) is 7.18. The third kappa shape index (κ3) is 8.39. The van der Waals surface area contributed by atoms with Gasteiger partial charge in [-0.15, -0.1) is 0 Å². The number of aryl methyl sites for hydroxylation is 1. The number of carbonyl (C=O) groups is 1. The zero-order valence-corrected chi connectivity index (χ0v) is 25.9. The normalized spacial score (nSPS) is 20.5. The summed E-state index contributed by atoms with van der Waals surface area (Å²) in [5, 5.41) is 20.2. The lowest BCUT2D eigenvalue weighted by molar-refractivity contribution is 0.0954. The number of nitrogens with one attached hydrogen (secondary N) is 3. The van der Waals surface area contributed by atoms with Crippen molar-refractivity contribution in [2.24, 2.45) is 11.3 Å². The van der Waals surface area contributed by atoms with E-state index >= 15 is 0 Å². The van der Waals surface area contributed by atoms with Crippen LogP contribution in [0.15, 0.2) is 36.4 Å². The van der Waals surface area contributed by atoms with Crippen LogP contribution in [0.1, 0.15) is 86.7 Å². The average Bonchev–Trinajstić information content (AvgIpc) is 2.98. The fraction of sp³-hybridized carbons (Fsp3) is 0.618. The predicted octanol–water partition coefficient (Wildman–Crippen LogP) is 5.47. The van der Waals surface area contributed by atoms with Crippen LogP contribution in [0.2, 0.25) is 0 Å². The molecule has 0 radical (unpaired) electrons. The molecule has 2 fully saturated rings. The summed E-state index contributed by atoms with van der Waals surface area (Å²) in [4.78, 5) is 15.1. The van der Waals surface area contributed by atoms with Crippen LogP contribution >= 0.6 is 0 Å². The van der Waals surface area contributed by atoms with E-state index in [2.05, 4.69) is 53.8 Å². The maximum absolute atomic E-state index is 12.7. The second-order valence-electron chi connectivity index (χ2n) is 13.0. The van der Waals surface area contributed by atoms with Crippen molar-refractivity contribution < 1.29 is 14.6 Å². The van der Waals surface area contributed by atoms with E-state index in [1.165, 1.54) is 18.4 Å². The molecule has 4 N–H and O–H groups in total. The highest BCUT2D eigenvalue weighted by molar-refractivity contribution is 5.97. The molecule has 41 heavy (non-hydrogen) atoms. The maximum atomic E-state index is 12.7. The van der Waals surface area contributed by atoms with E-state index in [1.54, 1.807) is 7.05 Å². The number of anilines is 1. The molecule has 1 saturated carbocycles. The lowest BCUT2D eigenvalue weighted by Gasteiger charge is -2.37. The van der Waals surface area contributed by atoms with Gasteiger partial charge in [0.05, 0.1) is 5.56 Å². The number of nitrogens with zero attached hydrogens (tertiary/aromatic N) is 1. The van der Waals surface area contributed by atoms with Crippen LogP contribution in [0.3, 0.4) is 0 Å². The topological polar surface area (TPSA) is 85.9 Å². The number of ether oxygens (including phenoxy) is 1. The molecule has 0 spiro atoms. The van der Waals surface area contributed by atoms with Crippen molar-refractivity contribution in [3.8, 4) is 11.5 Å². The second kappa shape index (κ2) is 14.4. The summed E-state index contributed by atoms with van der Waals surface area (Å²) >= 11 is 0. The zero-order valence-electron chi connectivity index (χ0n) is 25.9. The Kier molecular flexibility index (Phi) is 11.0. The molecule has 2 aromatic rings. The molecule has 0 bridgehead atoms. The molecule has 1 unspecified atom stereocenters. The molecule has 7 heteroatoms. The van der Waals surface area contributed by atoms with Crippen molar-refractivity contribution in [2.75, 3.05) is 51.7 Å². The molecule has 226 valence electrons. The van der Waals surface area contributed by atoms with Crippen molar-refractivity contribution in [1.29, 1.82) is 0 Å². The van der Waals surface area contributed by atoms with Gasteiger partial charge in [0, 0.05) is 45.0 Å². The minimum absolute atomic E-state index is 0.0522. The first kappa shape index (κ1) is 31.2. The van der Waals surface area contributed by atoms with Gasteiger partial charge in [0.25, 0.3) is 5.91 Å². The van der Waals surface area contributed by atoms with Gasteiger partial charge >= 0.3 is 0 Å². The highest BCUT2D eigenvalue weighted by Crippen LogP contribution is 2.45. The van der Waals surface area contributed by atoms with Crippen LogP contribution < -0.4 is 25.6 Å². The summed E-state index contributed by atoms with van der Waals surface area (Å²) in [7, 11) is 3.62. The van der Waals surface area contributed by atoms with E-state index in [1.807, 2.05) is 31.3 Å². The lowest BCUT2D eigenvalue weighted by atomic mass is 9.68. The summed E-state index contributed by atoms with van der Waals surface area (Å²) in [6.45, 7) is 11.6. The van der Waals surface area contributed by atoms with E-state index in [0.717, 1.165) is 82.0 Å². The Morgan fingerprint density at radius 3 is 2.44 bits per heavy atom. The van der Waals surface area contributed by atoms with Gasteiger partial charge in [0.1, 0.15) is 17.6 Å². The van der Waals surface area contributed by atoms with Crippen LogP contribution in [-0.2, 0) is 6.42 Å². The summed E-state index contributed by atoms with van der Waals surface area (Å²) < 4.78 is 6.65. The van der Waals surface area contributed by atoms with Crippen LogP contribution in [0.25, 0.3) is 0 Å². The van der Waals surface area contributed by atoms with Crippen LogP contribution in [-0.4, -0.2) is 63.9 Å². The molecular formula is C34H52N4O3. The minimum Gasteiger partial charge on any atom is -0.508 e. The Morgan fingerprint density at radius 1 is 1.05 bits per heavy atom. The van der Waals surface area contributed by atoms with Gasteiger partial charge in [-0.1, -0.05) is 32.9 Å². The molecule has 1 amide bonds. The number of piperazine rings is 1. The number of hydrogen-bond acceptors (Lipinski definition) is 6. The Bertz CT molecular complexity index is 1130. The summed E-state index contributed by atoms with van der Waals surface area (Å²) in [5.41, 5.74) is 4.34. The lowest BCUT2D eigenvalue weighted by Crippen LogP contribution is -2.43. The number of carbonyl (C=O) groups excluding carboxylic acids is 1. The van der Waals surface area contributed by atoms with Gasteiger partial charge in [0.15, 0.2) is 0 Å². The molecule has 2 aromatic carbocycles. The zero-order chi connectivity index (χ0) is 29.4. The van der Waals surface area contributed by atoms with E-state index < -0.39 is 0 Å². The van der Waals surface area contributed by atoms with Gasteiger partial charge in [-0.2, -0.15) is 0 Å². The summed E-state index contributed by atoms with van der Waals surface area (Å²) in [5.74, 6) is 2.11. The molecule has 1 saturated heterocycles. The first-order valence-electron chi connectivity index (χ1n) is 15.6. The van der Waals surface area contributed by atoms with E-state index in [-0.39, 0.29) is 12.0 Å². The van der Waals surface area contributed by atoms with Crippen LogP contribution in [0.4, 0.5) is 5.69 Å². The highest BCUT2D eigenvalue weighted by atomic mass is 16.5. The van der Waals surface area contributed by atoms with Gasteiger partial charge in [0.2, 0.25) is 0 Å². The van der Waals surface area contributed by atoms with Gasteiger partial charge < -0.3 is 30.7 Å². The Balaban J connectivity index is 1.48. The first-order chi connectivity index (χ1) is 19.7. The number of hydrogen-bond donors (Lipinski definition) is 4. The van der Waals surface area contributed by atoms with Crippen LogP contribution in [0.5, 0.6) is 11.5 Å². The number of phenolic OH excluding ortho intramolecular Hbond substituents is 1. The molecule has 1 aliphatic heterocycles. The molecule has 1 aliphatic carbocycles. The fourth-order valence-corrected chi connectivity index (χ4v) is 6.48. The van der Waals surface area contributed by atoms with Gasteiger partial charge in [-0.25, -0.2) is 0 Å². The monoisotopic (exact) mass is 564 g/mol. The predicted molar refractivity (Wildman–Crippen MR) is 168 cm³/mol. The van der Waals surface area contributed by atoms with Gasteiger partial charge in [-0.05, 0) is 105 Å². The third-order valence-electron chi connectivity index (χ3n) is 9.17. The van der Waals surface area contributed by atoms with Crippen molar-refractivity contribution in [2.45, 2.75) is 77.7 Å². The molecule has 0 aromatic heterocycles. The van der Waals surface area contributed by atoms with Crippen LogP contribution in [0, 0.1) is 11.3 Å².